The van der Waals surface area contributed by atoms with E-state index in [1.165, 1.54) is 0 Å². The summed E-state index contributed by atoms with van der Waals surface area (Å²) < 4.78 is 39.2. The summed E-state index contributed by atoms with van der Waals surface area (Å²) in [5, 5.41) is 0. The van der Waals surface area contributed by atoms with Crippen LogP contribution in [0, 0.1) is 11.8 Å². The molecule has 1 aromatic carbocycles. The second-order valence-corrected chi connectivity index (χ2v) is 7.38. The quantitative estimate of drug-likeness (QED) is 0.837. The number of methoxy groups -OCH3 is 1. The van der Waals surface area contributed by atoms with Gasteiger partial charge in [-0.3, -0.25) is 4.90 Å². The summed E-state index contributed by atoms with van der Waals surface area (Å²) in [4.78, 5) is 2.11. The Morgan fingerprint density at radius 3 is 2.62 bits per heavy atom. The first-order valence-electron chi connectivity index (χ1n) is 8.68. The molecule has 5 atom stereocenters. The van der Waals surface area contributed by atoms with Gasteiger partial charge in [-0.05, 0) is 31.7 Å². The van der Waals surface area contributed by atoms with Crippen molar-refractivity contribution >= 4 is 0 Å². The van der Waals surface area contributed by atoms with E-state index >= 15 is 0 Å². The molecule has 2 fully saturated rings. The van der Waals surface area contributed by atoms with E-state index in [0.717, 1.165) is 5.56 Å². The van der Waals surface area contributed by atoms with Gasteiger partial charge < -0.3 is 9.47 Å². The van der Waals surface area contributed by atoms with Crippen LogP contribution in [0.25, 0.3) is 0 Å². The molecule has 0 amide bonds. The highest BCUT2D eigenvalue weighted by Gasteiger charge is 2.51. The smallest absolute Gasteiger partial charge is 0.243 e. The number of rotatable bonds is 4. The third-order valence-corrected chi connectivity index (χ3v) is 5.85. The van der Waals surface area contributed by atoms with Crippen molar-refractivity contribution in [1.82, 2.24) is 4.90 Å². The average molecular weight is 339 g/mol. The van der Waals surface area contributed by atoms with Crippen molar-refractivity contribution in [2.75, 3.05) is 20.2 Å². The Kier molecular flexibility index (Phi) is 5.23. The molecule has 1 aromatic rings. The molecule has 2 saturated heterocycles. The zero-order chi connectivity index (χ0) is 17.3. The van der Waals surface area contributed by atoms with Crippen LogP contribution in [-0.4, -0.2) is 49.3 Å². The first-order valence-corrected chi connectivity index (χ1v) is 8.68. The van der Waals surface area contributed by atoms with Gasteiger partial charge in [0.25, 0.3) is 0 Å². The molecule has 24 heavy (non-hydrogen) atoms. The minimum absolute atomic E-state index is 0.0984. The first kappa shape index (κ1) is 17.8. The Bertz CT molecular complexity index is 541. The van der Waals surface area contributed by atoms with Crippen molar-refractivity contribution in [2.45, 2.75) is 51.0 Å². The van der Waals surface area contributed by atoms with Crippen LogP contribution < -0.4 is 0 Å². The van der Waals surface area contributed by atoms with Gasteiger partial charge in [-0.25, -0.2) is 8.78 Å². The third-order valence-electron chi connectivity index (χ3n) is 5.85. The molecule has 0 N–H and O–H groups in total. The zero-order valence-electron chi connectivity index (χ0n) is 14.6. The van der Waals surface area contributed by atoms with Crippen LogP contribution in [0.3, 0.4) is 0 Å². The van der Waals surface area contributed by atoms with E-state index in [1.54, 1.807) is 7.11 Å². The fourth-order valence-electron chi connectivity index (χ4n) is 4.13. The van der Waals surface area contributed by atoms with Crippen molar-refractivity contribution in [1.29, 1.82) is 0 Å². The summed E-state index contributed by atoms with van der Waals surface area (Å²) in [6.45, 7) is 5.74. The molecule has 0 aliphatic carbocycles. The predicted octanol–water partition coefficient (Wildman–Crippen LogP) is 3.58. The minimum Gasteiger partial charge on any atom is -0.376 e. The van der Waals surface area contributed by atoms with Crippen LogP contribution in [0.2, 0.25) is 0 Å². The lowest BCUT2D eigenvalue weighted by atomic mass is 9.73. The molecule has 0 spiro atoms. The van der Waals surface area contributed by atoms with Gasteiger partial charge in [0, 0.05) is 32.7 Å². The van der Waals surface area contributed by atoms with Crippen LogP contribution in [0.1, 0.15) is 25.8 Å². The van der Waals surface area contributed by atoms with Gasteiger partial charge in [0.2, 0.25) is 6.43 Å². The van der Waals surface area contributed by atoms with E-state index < -0.39 is 17.9 Å². The van der Waals surface area contributed by atoms with E-state index in [0.29, 0.717) is 26.1 Å². The number of alkyl halides is 2. The maximum atomic E-state index is 13.7. The summed E-state index contributed by atoms with van der Waals surface area (Å²) in [6, 6.07) is 10.0. The Labute approximate surface area is 142 Å². The number of ether oxygens (including phenoxy) is 2. The minimum atomic E-state index is -2.34. The van der Waals surface area contributed by atoms with Gasteiger partial charge in [-0.1, -0.05) is 30.3 Å². The van der Waals surface area contributed by atoms with E-state index in [-0.39, 0.29) is 18.1 Å². The Morgan fingerprint density at radius 2 is 2.00 bits per heavy atom. The highest BCUT2D eigenvalue weighted by Crippen LogP contribution is 2.43. The van der Waals surface area contributed by atoms with Crippen molar-refractivity contribution in [3.8, 4) is 0 Å². The standard InChI is InChI=1S/C19H27F2NO2/c1-13-19(2,23-3)9-15-16(18(20)21)11-22(12-17(15)24-13)10-14-7-5-4-6-8-14/h4-8,13,15-18H,9-12H2,1-3H3. The van der Waals surface area contributed by atoms with Crippen molar-refractivity contribution < 1.29 is 18.3 Å². The molecule has 0 aromatic heterocycles. The van der Waals surface area contributed by atoms with Crippen molar-refractivity contribution in [3.05, 3.63) is 35.9 Å². The van der Waals surface area contributed by atoms with Gasteiger partial charge in [-0.2, -0.15) is 0 Å². The Morgan fingerprint density at radius 1 is 1.29 bits per heavy atom. The molecule has 2 aliphatic rings. The molecular formula is C19H27F2NO2. The largest absolute Gasteiger partial charge is 0.376 e. The number of hydrogen-bond donors (Lipinski definition) is 0. The summed E-state index contributed by atoms with van der Waals surface area (Å²) >= 11 is 0. The molecule has 5 heteroatoms. The molecule has 0 bridgehead atoms. The van der Waals surface area contributed by atoms with Crippen LogP contribution >= 0.6 is 0 Å². The monoisotopic (exact) mass is 339 g/mol. The molecule has 3 nitrogen and oxygen atoms in total. The van der Waals surface area contributed by atoms with Crippen molar-refractivity contribution in [2.24, 2.45) is 11.8 Å². The van der Waals surface area contributed by atoms with E-state index in [9.17, 15) is 8.78 Å². The average Bonchev–Trinajstić information content (AvgIpc) is 2.56. The van der Waals surface area contributed by atoms with Crippen LogP contribution in [0.4, 0.5) is 8.78 Å². The van der Waals surface area contributed by atoms with Crippen LogP contribution in [0.15, 0.2) is 30.3 Å². The highest BCUT2D eigenvalue weighted by atomic mass is 19.3. The molecule has 5 unspecified atom stereocenters. The predicted molar refractivity (Wildman–Crippen MR) is 89.1 cm³/mol. The number of nitrogens with zero attached hydrogens (tertiary/aromatic N) is 1. The Balaban J connectivity index is 1.76. The lowest BCUT2D eigenvalue weighted by Gasteiger charge is -2.52. The molecule has 0 radical (unpaired) electrons. The van der Waals surface area contributed by atoms with E-state index in [4.69, 9.17) is 9.47 Å². The second-order valence-electron chi connectivity index (χ2n) is 7.38. The number of piperidine rings is 1. The number of fused-ring (bicyclic) bond motifs is 1. The fourth-order valence-corrected chi connectivity index (χ4v) is 4.13. The number of likely N-dealkylation sites (tertiary alicyclic amines) is 1. The highest BCUT2D eigenvalue weighted by molar-refractivity contribution is 5.15. The summed E-state index contributed by atoms with van der Waals surface area (Å²) in [7, 11) is 1.64. The lowest BCUT2D eigenvalue weighted by molar-refractivity contribution is -0.230. The van der Waals surface area contributed by atoms with Gasteiger partial charge in [0.05, 0.1) is 17.8 Å². The van der Waals surface area contributed by atoms with Crippen LogP contribution in [0.5, 0.6) is 0 Å². The van der Waals surface area contributed by atoms with E-state index in [1.807, 2.05) is 44.2 Å². The summed E-state index contributed by atoms with van der Waals surface area (Å²) in [5.41, 5.74) is 0.658. The summed E-state index contributed by atoms with van der Waals surface area (Å²) in [5.74, 6) is -0.826. The fraction of sp³-hybridized carbons (Fsp3) is 0.684. The molecule has 0 saturated carbocycles. The number of hydrogen-bond acceptors (Lipinski definition) is 3. The lowest BCUT2D eigenvalue weighted by Crippen LogP contribution is -2.61. The van der Waals surface area contributed by atoms with E-state index in [2.05, 4.69) is 4.90 Å². The molecule has 3 rings (SSSR count). The normalized spacial score (nSPS) is 37.4. The number of halogens is 2. The van der Waals surface area contributed by atoms with Gasteiger partial charge in [0.1, 0.15) is 0 Å². The summed E-state index contributed by atoms with van der Waals surface area (Å²) in [6.07, 6.45) is -1.96. The van der Waals surface area contributed by atoms with Crippen molar-refractivity contribution in [3.63, 3.8) is 0 Å². The van der Waals surface area contributed by atoms with Gasteiger partial charge >= 0.3 is 0 Å². The second kappa shape index (κ2) is 7.06. The van der Waals surface area contributed by atoms with Crippen LogP contribution in [-0.2, 0) is 16.0 Å². The molecular weight excluding hydrogens is 312 g/mol. The zero-order valence-corrected chi connectivity index (χ0v) is 14.6. The first-order chi connectivity index (χ1) is 11.4. The number of benzene rings is 1. The topological polar surface area (TPSA) is 21.7 Å². The van der Waals surface area contributed by atoms with Gasteiger partial charge in [0.15, 0.2) is 0 Å². The third kappa shape index (κ3) is 3.48. The molecule has 2 heterocycles. The maximum Gasteiger partial charge on any atom is 0.243 e. The van der Waals surface area contributed by atoms with Gasteiger partial charge in [-0.15, -0.1) is 0 Å². The molecule has 2 aliphatic heterocycles. The Hall–Kier alpha value is -1.04. The SMILES string of the molecule is COC1(C)CC2C(CN(Cc3ccccc3)CC2C(F)F)OC1C. The maximum absolute atomic E-state index is 13.7. The molecule has 134 valence electrons.